The number of amides is 2. The number of halogens is 2. The van der Waals surface area contributed by atoms with Crippen molar-refractivity contribution in [2.45, 2.75) is 25.5 Å². The van der Waals surface area contributed by atoms with E-state index < -0.39 is 29.8 Å². The van der Waals surface area contributed by atoms with Crippen LogP contribution in [0.15, 0.2) is 54.7 Å². The summed E-state index contributed by atoms with van der Waals surface area (Å²) in [5, 5.41) is 16.4. The van der Waals surface area contributed by atoms with Crippen LogP contribution in [0.25, 0.3) is 10.9 Å². The van der Waals surface area contributed by atoms with Crippen molar-refractivity contribution in [3.05, 3.63) is 71.1 Å². The number of aliphatic hydroxyl groups is 1. The molecule has 3 rings (SSSR count). The van der Waals surface area contributed by atoms with Crippen molar-refractivity contribution in [2.75, 3.05) is 5.32 Å². The van der Waals surface area contributed by atoms with Gasteiger partial charge in [0.15, 0.2) is 0 Å². The van der Waals surface area contributed by atoms with Gasteiger partial charge in [-0.3, -0.25) is 14.6 Å². The average Bonchev–Trinajstić information content (AvgIpc) is 2.73. The minimum absolute atomic E-state index is 0.0508. The van der Waals surface area contributed by atoms with Gasteiger partial charge in [-0.25, -0.2) is 4.39 Å². The molecule has 3 N–H and O–H groups in total. The Labute approximate surface area is 171 Å². The maximum absolute atomic E-state index is 13.9. The second-order valence-electron chi connectivity index (χ2n) is 6.40. The van der Waals surface area contributed by atoms with Gasteiger partial charge in [-0.15, -0.1) is 0 Å². The van der Waals surface area contributed by atoms with Gasteiger partial charge in [0.25, 0.3) is 0 Å². The normalized spacial score (nSPS) is 13.0. The first-order valence-corrected chi connectivity index (χ1v) is 9.37. The molecule has 0 aliphatic rings. The van der Waals surface area contributed by atoms with Crippen LogP contribution in [0.4, 0.5) is 10.1 Å². The van der Waals surface area contributed by atoms with Crippen LogP contribution in [0.3, 0.4) is 0 Å². The number of hydrogen-bond acceptors (Lipinski definition) is 4. The fourth-order valence-electron chi connectivity index (χ4n) is 3.00. The van der Waals surface area contributed by atoms with Crippen LogP contribution in [0.5, 0.6) is 0 Å². The maximum Gasteiger partial charge on any atom is 0.313 e. The number of aliphatic hydroxyl groups excluding tert-OH is 1. The Balaban J connectivity index is 1.74. The molecule has 150 valence electrons. The van der Waals surface area contributed by atoms with Crippen LogP contribution in [0, 0.1) is 5.82 Å². The molecule has 1 aromatic heterocycles. The van der Waals surface area contributed by atoms with Crippen molar-refractivity contribution in [2.24, 2.45) is 0 Å². The Morgan fingerprint density at radius 3 is 2.62 bits per heavy atom. The number of anilines is 1. The first-order chi connectivity index (χ1) is 13.9. The van der Waals surface area contributed by atoms with Crippen LogP contribution < -0.4 is 10.6 Å². The van der Waals surface area contributed by atoms with Crippen LogP contribution in [-0.4, -0.2) is 27.9 Å². The number of benzene rings is 2. The minimum atomic E-state index is -1.29. The molecule has 2 atom stereocenters. The third-order valence-electron chi connectivity index (χ3n) is 4.54. The Morgan fingerprint density at radius 1 is 1.14 bits per heavy atom. The summed E-state index contributed by atoms with van der Waals surface area (Å²) in [7, 11) is 0. The van der Waals surface area contributed by atoms with Gasteiger partial charge in [-0.05, 0) is 36.8 Å². The van der Waals surface area contributed by atoms with Gasteiger partial charge in [-0.1, -0.05) is 36.7 Å². The second kappa shape index (κ2) is 8.98. The van der Waals surface area contributed by atoms with Crippen molar-refractivity contribution in [1.82, 2.24) is 10.3 Å². The van der Waals surface area contributed by atoms with E-state index in [1.165, 1.54) is 18.2 Å². The highest BCUT2D eigenvalue weighted by molar-refractivity contribution is 6.41. The van der Waals surface area contributed by atoms with Gasteiger partial charge in [-0.2, -0.15) is 0 Å². The van der Waals surface area contributed by atoms with Gasteiger partial charge >= 0.3 is 11.8 Å². The van der Waals surface area contributed by atoms with Crippen LogP contribution in [0.2, 0.25) is 5.02 Å². The highest BCUT2D eigenvalue weighted by atomic mass is 35.5. The topological polar surface area (TPSA) is 91.3 Å². The van der Waals surface area contributed by atoms with E-state index in [-0.39, 0.29) is 5.56 Å². The molecular formula is C21H19ClFN3O3. The molecule has 8 heteroatoms. The molecule has 6 nitrogen and oxygen atoms in total. The Kier molecular flexibility index (Phi) is 6.41. The zero-order valence-corrected chi connectivity index (χ0v) is 16.3. The third kappa shape index (κ3) is 4.52. The molecule has 0 bridgehead atoms. The molecule has 0 saturated heterocycles. The first kappa shape index (κ1) is 20.7. The van der Waals surface area contributed by atoms with E-state index in [1.807, 2.05) is 0 Å². The molecule has 0 aliphatic heterocycles. The zero-order chi connectivity index (χ0) is 21.0. The van der Waals surface area contributed by atoms with Gasteiger partial charge in [0.2, 0.25) is 0 Å². The summed E-state index contributed by atoms with van der Waals surface area (Å²) >= 11 is 6.11. The largest absolute Gasteiger partial charge is 0.386 e. The highest BCUT2D eigenvalue weighted by Gasteiger charge is 2.26. The van der Waals surface area contributed by atoms with Crippen molar-refractivity contribution < 1.29 is 19.1 Å². The number of carbonyl (C=O) groups excluding carboxylic acids is 2. The summed E-state index contributed by atoms with van der Waals surface area (Å²) in [6.45, 7) is 1.71. The number of carbonyl (C=O) groups is 2. The summed E-state index contributed by atoms with van der Waals surface area (Å²) in [6.07, 6.45) is 0.573. The molecule has 2 amide bonds. The minimum Gasteiger partial charge on any atom is -0.386 e. The molecule has 0 aliphatic carbocycles. The highest BCUT2D eigenvalue weighted by Crippen LogP contribution is 2.28. The second-order valence-corrected chi connectivity index (χ2v) is 6.81. The molecule has 2 aromatic carbocycles. The van der Waals surface area contributed by atoms with Crippen molar-refractivity contribution in [1.29, 1.82) is 0 Å². The lowest BCUT2D eigenvalue weighted by atomic mass is 9.99. The predicted octanol–water partition coefficient (Wildman–Crippen LogP) is 3.59. The maximum atomic E-state index is 13.9. The van der Waals surface area contributed by atoms with E-state index in [9.17, 15) is 19.1 Å². The summed E-state index contributed by atoms with van der Waals surface area (Å²) in [5.74, 6) is -2.45. The number of nitrogens with one attached hydrogen (secondary N) is 2. The lowest BCUT2D eigenvalue weighted by molar-refractivity contribution is -0.137. The predicted molar refractivity (Wildman–Crippen MR) is 109 cm³/mol. The summed E-state index contributed by atoms with van der Waals surface area (Å²) in [5.41, 5.74) is 0.920. The molecule has 0 spiro atoms. The molecular weight excluding hydrogens is 397 g/mol. The third-order valence-corrected chi connectivity index (χ3v) is 4.84. The van der Waals surface area contributed by atoms with Gasteiger partial charge in [0.1, 0.15) is 11.9 Å². The van der Waals surface area contributed by atoms with Gasteiger partial charge < -0.3 is 15.7 Å². The van der Waals surface area contributed by atoms with E-state index >= 15 is 0 Å². The van der Waals surface area contributed by atoms with E-state index in [0.29, 0.717) is 28.0 Å². The number of hydrogen-bond donors (Lipinski definition) is 3. The molecule has 29 heavy (non-hydrogen) atoms. The average molecular weight is 416 g/mol. The number of aromatic nitrogens is 1. The standard InChI is InChI=1S/C21H19ClFN3O3/c1-2-16(19(27)12-6-3-4-8-15(12)23)25-20(28)21(29)26-17-10-9-14(22)18-13(17)7-5-11-24-18/h3-11,16,19,27H,2H2,1H3,(H,25,28)(H,26,29). The summed E-state index contributed by atoms with van der Waals surface area (Å²) < 4.78 is 13.9. The number of nitrogens with zero attached hydrogens (tertiary/aromatic N) is 1. The van der Waals surface area contributed by atoms with Gasteiger partial charge in [0, 0.05) is 17.1 Å². The van der Waals surface area contributed by atoms with Crippen molar-refractivity contribution >= 4 is 40.0 Å². The van der Waals surface area contributed by atoms with E-state index in [2.05, 4.69) is 15.6 Å². The lowest BCUT2D eigenvalue weighted by Gasteiger charge is -2.23. The smallest absolute Gasteiger partial charge is 0.313 e. The molecule has 0 saturated carbocycles. The molecule has 3 aromatic rings. The van der Waals surface area contributed by atoms with Gasteiger partial charge in [0.05, 0.1) is 22.3 Å². The molecule has 0 fully saturated rings. The number of pyridine rings is 1. The number of fused-ring (bicyclic) bond motifs is 1. The Morgan fingerprint density at radius 2 is 1.90 bits per heavy atom. The molecule has 1 heterocycles. The summed E-state index contributed by atoms with van der Waals surface area (Å²) in [6, 6.07) is 11.5. The zero-order valence-electron chi connectivity index (χ0n) is 15.5. The van der Waals surface area contributed by atoms with Crippen LogP contribution >= 0.6 is 11.6 Å². The van der Waals surface area contributed by atoms with Crippen molar-refractivity contribution in [3.63, 3.8) is 0 Å². The monoisotopic (exact) mass is 415 g/mol. The number of rotatable bonds is 5. The molecule has 2 unspecified atom stereocenters. The van der Waals surface area contributed by atoms with Crippen LogP contribution in [-0.2, 0) is 9.59 Å². The first-order valence-electron chi connectivity index (χ1n) is 9.00. The SMILES string of the molecule is CCC(NC(=O)C(=O)Nc1ccc(Cl)c2ncccc12)C(O)c1ccccc1F. The Bertz CT molecular complexity index is 1060. The van der Waals surface area contributed by atoms with E-state index in [4.69, 9.17) is 11.6 Å². The van der Waals surface area contributed by atoms with E-state index in [0.717, 1.165) is 0 Å². The lowest BCUT2D eigenvalue weighted by Crippen LogP contribution is -2.44. The van der Waals surface area contributed by atoms with E-state index in [1.54, 1.807) is 43.5 Å². The van der Waals surface area contributed by atoms with Crippen molar-refractivity contribution in [3.8, 4) is 0 Å². The fraction of sp³-hybridized carbons (Fsp3) is 0.190. The summed E-state index contributed by atoms with van der Waals surface area (Å²) in [4.78, 5) is 28.9. The quantitative estimate of drug-likeness (QED) is 0.555. The Hall–Kier alpha value is -3.03. The fourth-order valence-corrected chi connectivity index (χ4v) is 3.21. The van der Waals surface area contributed by atoms with Crippen LogP contribution in [0.1, 0.15) is 25.0 Å². The molecule has 0 radical (unpaired) electrons.